The second-order valence-corrected chi connectivity index (χ2v) is 6.24. The van der Waals surface area contributed by atoms with Crippen LogP contribution in [0.15, 0.2) is 0 Å². The van der Waals surface area contributed by atoms with Crippen molar-refractivity contribution in [3.05, 3.63) is 0 Å². The number of nitrogens with one attached hydrogen (secondary N) is 1. The highest BCUT2D eigenvalue weighted by Crippen LogP contribution is 2.26. The molecule has 1 rings (SSSR count). The molecule has 0 saturated carbocycles. The fourth-order valence-electron chi connectivity index (χ4n) is 2.07. The van der Waals surface area contributed by atoms with Gasteiger partial charge < -0.3 is 5.32 Å². The van der Waals surface area contributed by atoms with E-state index in [2.05, 4.69) is 12.2 Å². The summed E-state index contributed by atoms with van der Waals surface area (Å²) >= 11 is 1.60. The number of carbonyl (C=O) groups is 3. The number of unbranched alkanes of at least 4 members (excludes halogenated alkanes) is 2. The van der Waals surface area contributed by atoms with Crippen LogP contribution in [0.25, 0.3) is 0 Å². The van der Waals surface area contributed by atoms with Crippen LogP contribution in [-0.2, 0) is 14.4 Å². The lowest BCUT2D eigenvalue weighted by Crippen LogP contribution is -2.32. The van der Waals surface area contributed by atoms with E-state index in [-0.39, 0.29) is 23.0 Å². The number of hydrogen-bond donors (Lipinski definition) is 1. The number of hydrogen-bond acceptors (Lipinski definition) is 4. The largest absolute Gasteiger partial charge is 0.359 e. The van der Waals surface area contributed by atoms with Crippen molar-refractivity contribution in [2.75, 3.05) is 19.3 Å². The Labute approximate surface area is 124 Å². The summed E-state index contributed by atoms with van der Waals surface area (Å²) < 4.78 is 0. The van der Waals surface area contributed by atoms with Gasteiger partial charge in [-0.25, -0.2) is 0 Å². The van der Waals surface area contributed by atoms with Crippen LogP contribution in [0.5, 0.6) is 0 Å². The molecule has 1 aliphatic heterocycles. The van der Waals surface area contributed by atoms with E-state index in [9.17, 15) is 14.4 Å². The fourth-order valence-corrected chi connectivity index (χ4v) is 3.34. The summed E-state index contributed by atoms with van der Waals surface area (Å²) in [6.45, 7) is 2.56. The predicted molar refractivity (Wildman–Crippen MR) is 80.4 cm³/mol. The zero-order valence-electron chi connectivity index (χ0n) is 12.3. The van der Waals surface area contributed by atoms with Gasteiger partial charge in [0.05, 0.1) is 5.25 Å². The molecule has 5 nitrogen and oxygen atoms in total. The van der Waals surface area contributed by atoms with E-state index >= 15 is 0 Å². The number of amides is 3. The van der Waals surface area contributed by atoms with Crippen molar-refractivity contribution in [2.45, 2.75) is 50.7 Å². The Bertz CT molecular complexity index is 360. The topological polar surface area (TPSA) is 66.5 Å². The molecule has 114 valence electrons. The molecule has 1 unspecified atom stereocenters. The molecule has 1 saturated heterocycles. The van der Waals surface area contributed by atoms with Crippen molar-refractivity contribution >= 4 is 29.5 Å². The minimum atomic E-state index is -0.187. The highest BCUT2D eigenvalue weighted by atomic mass is 32.2. The van der Waals surface area contributed by atoms with Crippen molar-refractivity contribution in [1.82, 2.24) is 10.2 Å². The predicted octanol–water partition coefficient (Wildman–Crippen LogP) is 1.56. The lowest BCUT2D eigenvalue weighted by Gasteiger charge is -2.14. The van der Waals surface area contributed by atoms with E-state index in [4.69, 9.17) is 0 Å². The van der Waals surface area contributed by atoms with Gasteiger partial charge in [0.1, 0.15) is 0 Å². The highest BCUT2D eigenvalue weighted by Gasteiger charge is 2.37. The maximum atomic E-state index is 12.1. The van der Waals surface area contributed by atoms with Crippen molar-refractivity contribution in [3.63, 3.8) is 0 Å². The van der Waals surface area contributed by atoms with Crippen LogP contribution in [0.4, 0.5) is 0 Å². The fraction of sp³-hybridized carbons (Fsp3) is 0.786. The highest BCUT2D eigenvalue weighted by molar-refractivity contribution is 8.00. The maximum Gasteiger partial charge on any atom is 0.242 e. The van der Waals surface area contributed by atoms with Crippen LogP contribution in [0.1, 0.15) is 45.4 Å². The maximum absolute atomic E-state index is 12.1. The van der Waals surface area contributed by atoms with E-state index in [1.807, 2.05) is 0 Å². The van der Waals surface area contributed by atoms with Crippen molar-refractivity contribution in [3.8, 4) is 0 Å². The Kier molecular flexibility index (Phi) is 7.65. The molecule has 0 aliphatic carbocycles. The third-order valence-corrected chi connectivity index (χ3v) is 4.63. The Hall–Kier alpha value is -1.04. The van der Waals surface area contributed by atoms with Crippen LogP contribution in [0.2, 0.25) is 0 Å². The molecular formula is C14H24N2O3S. The van der Waals surface area contributed by atoms with Gasteiger partial charge in [-0.2, -0.15) is 0 Å². The molecule has 6 heteroatoms. The van der Waals surface area contributed by atoms with Crippen LogP contribution >= 0.6 is 11.8 Å². The number of nitrogens with zero attached hydrogens (tertiary/aromatic N) is 1. The van der Waals surface area contributed by atoms with Crippen molar-refractivity contribution in [1.29, 1.82) is 0 Å². The Morgan fingerprint density at radius 2 is 2.10 bits per heavy atom. The molecule has 1 fully saturated rings. The lowest BCUT2D eigenvalue weighted by atomic mass is 10.2. The van der Waals surface area contributed by atoms with Crippen LogP contribution in [0, 0.1) is 0 Å². The van der Waals surface area contributed by atoms with E-state index in [1.165, 1.54) is 4.90 Å². The zero-order valence-corrected chi connectivity index (χ0v) is 13.1. The van der Waals surface area contributed by atoms with E-state index < -0.39 is 0 Å². The molecule has 0 aromatic heterocycles. The summed E-state index contributed by atoms with van der Waals surface area (Å²) in [6, 6.07) is 0. The van der Waals surface area contributed by atoms with Gasteiger partial charge in [0.25, 0.3) is 0 Å². The summed E-state index contributed by atoms with van der Waals surface area (Å²) in [4.78, 5) is 36.4. The first-order chi connectivity index (χ1) is 9.60. The molecule has 20 heavy (non-hydrogen) atoms. The van der Waals surface area contributed by atoms with Gasteiger partial charge in [0.15, 0.2) is 0 Å². The first-order valence-electron chi connectivity index (χ1n) is 7.26. The summed E-state index contributed by atoms with van der Waals surface area (Å²) in [5.74, 6) is 0.821. The molecule has 1 atom stereocenters. The molecule has 1 N–H and O–H groups in total. The average Bonchev–Trinajstić information content (AvgIpc) is 2.70. The first kappa shape index (κ1) is 17.0. The minimum Gasteiger partial charge on any atom is -0.359 e. The van der Waals surface area contributed by atoms with Crippen molar-refractivity contribution in [2.24, 2.45) is 0 Å². The SMILES string of the molecule is CCCCSC1CC(=O)N(CCCCC(=O)NC)C1=O. The van der Waals surface area contributed by atoms with Crippen LogP contribution in [-0.4, -0.2) is 47.2 Å². The second kappa shape index (κ2) is 9.00. The number of likely N-dealkylation sites (tertiary alicyclic amines) is 1. The van der Waals surface area contributed by atoms with Gasteiger partial charge in [-0.15, -0.1) is 11.8 Å². The number of rotatable bonds is 9. The monoisotopic (exact) mass is 300 g/mol. The third-order valence-electron chi connectivity index (χ3n) is 3.33. The molecule has 1 aliphatic rings. The van der Waals surface area contributed by atoms with E-state index in [0.717, 1.165) is 18.6 Å². The molecule has 0 spiro atoms. The Morgan fingerprint density at radius 3 is 2.75 bits per heavy atom. The molecule has 0 bridgehead atoms. The lowest BCUT2D eigenvalue weighted by molar-refractivity contribution is -0.138. The summed E-state index contributed by atoms with van der Waals surface area (Å²) in [7, 11) is 1.61. The number of imide groups is 1. The van der Waals surface area contributed by atoms with Gasteiger partial charge in [0.2, 0.25) is 17.7 Å². The Balaban J connectivity index is 2.30. The quantitative estimate of drug-likeness (QED) is 0.518. The molecular weight excluding hydrogens is 276 g/mol. The van der Waals surface area contributed by atoms with Crippen molar-refractivity contribution < 1.29 is 14.4 Å². The summed E-state index contributed by atoms with van der Waals surface area (Å²) in [5.41, 5.74) is 0. The number of thioether (sulfide) groups is 1. The molecule has 0 aromatic carbocycles. The number of carbonyl (C=O) groups excluding carboxylic acids is 3. The second-order valence-electron chi connectivity index (χ2n) is 4.93. The van der Waals surface area contributed by atoms with Gasteiger partial charge in [-0.05, 0) is 25.0 Å². The van der Waals surface area contributed by atoms with Gasteiger partial charge in [-0.3, -0.25) is 19.3 Å². The normalized spacial score (nSPS) is 18.7. The molecule has 0 aromatic rings. The van der Waals surface area contributed by atoms with E-state index in [1.54, 1.807) is 18.8 Å². The first-order valence-corrected chi connectivity index (χ1v) is 8.31. The van der Waals surface area contributed by atoms with Gasteiger partial charge in [-0.1, -0.05) is 13.3 Å². The van der Waals surface area contributed by atoms with Gasteiger partial charge >= 0.3 is 0 Å². The molecule has 0 radical (unpaired) electrons. The average molecular weight is 300 g/mol. The molecule has 3 amide bonds. The molecule has 1 heterocycles. The van der Waals surface area contributed by atoms with Gasteiger partial charge in [0, 0.05) is 26.4 Å². The Morgan fingerprint density at radius 1 is 1.35 bits per heavy atom. The zero-order chi connectivity index (χ0) is 15.0. The summed E-state index contributed by atoms with van der Waals surface area (Å²) in [5, 5.41) is 2.37. The summed E-state index contributed by atoms with van der Waals surface area (Å²) in [6.07, 6.45) is 4.35. The van der Waals surface area contributed by atoms with Crippen LogP contribution < -0.4 is 5.32 Å². The third kappa shape index (κ3) is 5.15. The standard InChI is InChI=1S/C14H24N2O3S/c1-3-4-9-20-11-10-13(18)16(14(11)19)8-6-5-7-12(17)15-2/h11H,3-10H2,1-2H3,(H,15,17). The minimum absolute atomic E-state index is 0.00271. The van der Waals surface area contributed by atoms with Crippen LogP contribution in [0.3, 0.4) is 0 Å². The smallest absolute Gasteiger partial charge is 0.242 e. The van der Waals surface area contributed by atoms with E-state index in [0.29, 0.717) is 32.2 Å².